The summed E-state index contributed by atoms with van der Waals surface area (Å²) in [5.74, 6) is 1.16. The number of nitrogens with one attached hydrogen (secondary N) is 1. The summed E-state index contributed by atoms with van der Waals surface area (Å²) in [5, 5.41) is 3.44. The first-order chi connectivity index (χ1) is 10.4. The van der Waals surface area contributed by atoms with Gasteiger partial charge in [0.1, 0.15) is 5.82 Å². The fourth-order valence-corrected chi connectivity index (χ4v) is 3.50. The van der Waals surface area contributed by atoms with Gasteiger partial charge in [-0.15, -0.1) is 0 Å². The highest BCUT2D eigenvalue weighted by Crippen LogP contribution is 2.24. The van der Waals surface area contributed by atoms with E-state index in [2.05, 4.69) is 40.2 Å². The molecule has 0 aromatic carbocycles. The van der Waals surface area contributed by atoms with E-state index in [9.17, 15) is 0 Å². The molecule has 21 heavy (non-hydrogen) atoms. The summed E-state index contributed by atoms with van der Waals surface area (Å²) in [6.45, 7) is 8.91. The number of hydrogen-bond donors (Lipinski definition) is 1. The summed E-state index contributed by atoms with van der Waals surface area (Å²) in [6.07, 6.45) is 5.30. The Hall–Kier alpha value is -1.13. The van der Waals surface area contributed by atoms with Crippen molar-refractivity contribution < 1.29 is 0 Å². The molecule has 0 amide bonds. The van der Waals surface area contributed by atoms with Crippen molar-refractivity contribution in [3.63, 3.8) is 0 Å². The number of aromatic nitrogens is 1. The molecule has 1 unspecified atom stereocenters. The molecule has 4 heteroatoms. The zero-order chi connectivity index (χ0) is 14.5. The van der Waals surface area contributed by atoms with Gasteiger partial charge in [0.15, 0.2) is 0 Å². The molecule has 2 aliphatic rings. The van der Waals surface area contributed by atoms with E-state index in [0.29, 0.717) is 0 Å². The monoisotopic (exact) mass is 288 g/mol. The van der Waals surface area contributed by atoms with Crippen molar-refractivity contribution in [1.82, 2.24) is 15.2 Å². The Bertz CT molecular complexity index is 448. The first-order valence-electron chi connectivity index (χ1n) is 8.52. The molecule has 2 fully saturated rings. The van der Waals surface area contributed by atoms with Crippen LogP contribution in [0, 0.1) is 0 Å². The van der Waals surface area contributed by atoms with Gasteiger partial charge in [-0.05, 0) is 44.5 Å². The molecule has 2 aliphatic heterocycles. The van der Waals surface area contributed by atoms with Gasteiger partial charge in [-0.1, -0.05) is 19.4 Å². The largest absolute Gasteiger partial charge is 0.354 e. The van der Waals surface area contributed by atoms with Crippen LogP contribution in [-0.4, -0.2) is 48.6 Å². The Morgan fingerprint density at radius 2 is 2.19 bits per heavy atom. The van der Waals surface area contributed by atoms with Gasteiger partial charge in [-0.2, -0.15) is 0 Å². The van der Waals surface area contributed by atoms with Crippen molar-refractivity contribution in [1.29, 1.82) is 0 Å². The van der Waals surface area contributed by atoms with Crippen LogP contribution in [0.5, 0.6) is 0 Å². The predicted octanol–water partition coefficient (Wildman–Crippen LogP) is 2.26. The van der Waals surface area contributed by atoms with Crippen LogP contribution < -0.4 is 10.2 Å². The standard InChI is InChI=1S/C17H28N4/c1-2-9-18-13-15-6-5-8-17(19-15)21-12-11-20-10-4-3-7-16(20)14-21/h5-6,8,16,18H,2-4,7,9-14H2,1H3. The van der Waals surface area contributed by atoms with Crippen molar-refractivity contribution in [3.8, 4) is 0 Å². The second-order valence-corrected chi connectivity index (χ2v) is 6.30. The first kappa shape index (κ1) is 14.8. The number of pyridine rings is 1. The molecule has 1 atom stereocenters. The lowest BCUT2D eigenvalue weighted by molar-refractivity contribution is 0.133. The average Bonchev–Trinajstić information content (AvgIpc) is 2.55. The molecule has 0 spiro atoms. The van der Waals surface area contributed by atoms with Gasteiger partial charge in [0.05, 0.1) is 5.69 Å². The Labute approximate surface area is 128 Å². The van der Waals surface area contributed by atoms with Gasteiger partial charge < -0.3 is 10.2 Å². The molecule has 2 saturated heterocycles. The Kier molecular flexibility index (Phi) is 5.09. The zero-order valence-electron chi connectivity index (χ0n) is 13.2. The van der Waals surface area contributed by atoms with Crippen LogP contribution in [0.1, 0.15) is 38.3 Å². The number of rotatable bonds is 5. The predicted molar refractivity (Wildman–Crippen MR) is 87.7 cm³/mol. The molecule has 0 saturated carbocycles. The smallest absolute Gasteiger partial charge is 0.128 e. The van der Waals surface area contributed by atoms with Gasteiger partial charge >= 0.3 is 0 Å². The summed E-state index contributed by atoms with van der Waals surface area (Å²) in [5.41, 5.74) is 1.16. The second-order valence-electron chi connectivity index (χ2n) is 6.30. The van der Waals surface area contributed by atoms with Crippen molar-refractivity contribution in [2.24, 2.45) is 0 Å². The molecule has 0 radical (unpaired) electrons. The van der Waals surface area contributed by atoms with E-state index in [1.807, 2.05) is 0 Å². The van der Waals surface area contributed by atoms with Crippen molar-refractivity contribution in [2.45, 2.75) is 45.2 Å². The SMILES string of the molecule is CCCNCc1cccc(N2CCN3CCCCC3C2)n1. The van der Waals surface area contributed by atoms with Crippen molar-refractivity contribution >= 4 is 5.82 Å². The Balaban J connectivity index is 1.62. The van der Waals surface area contributed by atoms with Crippen LogP contribution in [0.3, 0.4) is 0 Å². The Morgan fingerprint density at radius 3 is 3.10 bits per heavy atom. The maximum atomic E-state index is 4.85. The molecule has 116 valence electrons. The number of piperidine rings is 1. The molecular weight excluding hydrogens is 260 g/mol. The fourth-order valence-electron chi connectivity index (χ4n) is 3.50. The normalized spacial score (nSPS) is 23.1. The maximum absolute atomic E-state index is 4.85. The number of anilines is 1. The van der Waals surface area contributed by atoms with Crippen LogP contribution in [0.2, 0.25) is 0 Å². The van der Waals surface area contributed by atoms with Gasteiger partial charge in [-0.25, -0.2) is 4.98 Å². The van der Waals surface area contributed by atoms with Crippen LogP contribution in [-0.2, 0) is 6.54 Å². The minimum Gasteiger partial charge on any atom is -0.354 e. The summed E-state index contributed by atoms with van der Waals surface area (Å²) in [6, 6.07) is 7.19. The van der Waals surface area contributed by atoms with Gasteiger partial charge in [0, 0.05) is 32.2 Å². The van der Waals surface area contributed by atoms with Gasteiger partial charge in [-0.3, -0.25) is 4.90 Å². The maximum Gasteiger partial charge on any atom is 0.128 e. The highest BCUT2D eigenvalue weighted by molar-refractivity contribution is 5.40. The quantitative estimate of drug-likeness (QED) is 0.842. The third-order valence-corrected chi connectivity index (χ3v) is 4.69. The number of fused-ring (bicyclic) bond motifs is 1. The van der Waals surface area contributed by atoms with E-state index in [1.54, 1.807) is 0 Å². The number of piperazine rings is 1. The van der Waals surface area contributed by atoms with Crippen molar-refractivity contribution in [2.75, 3.05) is 37.6 Å². The third kappa shape index (κ3) is 3.74. The molecule has 1 N–H and O–H groups in total. The molecule has 0 bridgehead atoms. The van der Waals surface area contributed by atoms with Crippen LogP contribution in [0.25, 0.3) is 0 Å². The lowest BCUT2D eigenvalue weighted by Crippen LogP contribution is -2.55. The molecule has 1 aromatic rings. The molecular formula is C17H28N4. The molecule has 0 aliphatic carbocycles. The van der Waals surface area contributed by atoms with Crippen molar-refractivity contribution in [3.05, 3.63) is 23.9 Å². The lowest BCUT2D eigenvalue weighted by atomic mass is 9.99. The van der Waals surface area contributed by atoms with Crippen LogP contribution in [0.15, 0.2) is 18.2 Å². The number of hydrogen-bond acceptors (Lipinski definition) is 4. The number of nitrogens with zero attached hydrogens (tertiary/aromatic N) is 3. The summed E-state index contributed by atoms with van der Waals surface area (Å²) in [4.78, 5) is 10.0. The van der Waals surface area contributed by atoms with E-state index >= 15 is 0 Å². The first-order valence-corrected chi connectivity index (χ1v) is 8.52. The second kappa shape index (κ2) is 7.23. The van der Waals surface area contributed by atoms with Gasteiger partial charge in [0.25, 0.3) is 0 Å². The fraction of sp³-hybridized carbons (Fsp3) is 0.706. The zero-order valence-corrected chi connectivity index (χ0v) is 13.2. The molecule has 1 aromatic heterocycles. The Morgan fingerprint density at radius 1 is 1.24 bits per heavy atom. The summed E-state index contributed by atoms with van der Waals surface area (Å²) < 4.78 is 0. The molecule has 4 nitrogen and oxygen atoms in total. The van der Waals surface area contributed by atoms with E-state index in [4.69, 9.17) is 4.98 Å². The summed E-state index contributed by atoms with van der Waals surface area (Å²) >= 11 is 0. The lowest BCUT2D eigenvalue weighted by Gasteiger charge is -2.44. The van der Waals surface area contributed by atoms with Crippen LogP contribution >= 0.6 is 0 Å². The van der Waals surface area contributed by atoms with Crippen LogP contribution in [0.4, 0.5) is 5.82 Å². The van der Waals surface area contributed by atoms with E-state index < -0.39 is 0 Å². The third-order valence-electron chi connectivity index (χ3n) is 4.69. The average molecular weight is 288 g/mol. The molecule has 3 rings (SSSR count). The minimum absolute atomic E-state index is 0.746. The van der Waals surface area contributed by atoms with Gasteiger partial charge in [0.2, 0.25) is 0 Å². The van der Waals surface area contributed by atoms with E-state index in [1.165, 1.54) is 38.8 Å². The summed E-state index contributed by atoms with van der Waals surface area (Å²) in [7, 11) is 0. The van der Waals surface area contributed by atoms with E-state index in [0.717, 1.165) is 43.7 Å². The minimum atomic E-state index is 0.746. The molecule has 3 heterocycles. The van der Waals surface area contributed by atoms with E-state index in [-0.39, 0.29) is 0 Å². The highest BCUT2D eigenvalue weighted by Gasteiger charge is 2.29. The topological polar surface area (TPSA) is 31.4 Å². The highest BCUT2D eigenvalue weighted by atomic mass is 15.3.